The summed E-state index contributed by atoms with van der Waals surface area (Å²) in [5.74, 6) is 0.265. The first-order valence-electron chi connectivity index (χ1n) is 8.57. The Bertz CT molecular complexity index is 1120. The summed E-state index contributed by atoms with van der Waals surface area (Å²) in [5, 5.41) is 2.74. The second-order valence-corrected chi connectivity index (χ2v) is 8.66. The zero-order valence-corrected chi connectivity index (χ0v) is 16.9. The highest BCUT2D eigenvalue weighted by Gasteiger charge is 2.21. The van der Waals surface area contributed by atoms with E-state index in [9.17, 15) is 13.2 Å². The molecule has 1 N–H and O–H groups in total. The molecule has 0 saturated heterocycles. The van der Waals surface area contributed by atoms with Crippen LogP contribution in [0.25, 0.3) is 11.5 Å². The molecule has 7 nitrogen and oxygen atoms in total. The Balaban J connectivity index is 1.91. The third-order valence-corrected chi connectivity index (χ3v) is 6.08. The van der Waals surface area contributed by atoms with E-state index in [-0.39, 0.29) is 10.6 Å². The number of carbonyl (C=O) groups is 1. The van der Waals surface area contributed by atoms with Gasteiger partial charge in [0.05, 0.1) is 4.90 Å². The van der Waals surface area contributed by atoms with Gasteiger partial charge in [-0.05, 0) is 43.7 Å². The molecule has 1 heterocycles. The Hall–Kier alpha value is -2.97. The van der Waals surface area contributed by atoms with Crippen LogP contribution in [0.1, 0.15) is 21.8 Å². The van der Waals surface area contributed by atoms with E-state index in [1.54, 1.807) is 19.9 Å². The molecule has 2 aromatic carbocycles. The summed E-state index contributed by atoms with van der Waals surface area (Å²) in [6.45, 7) is 3.45. The minimum absolute atomic E-state index is 0.0975. The Kier molecular flexibility index (Phi) is 5.35. The van der Waals surface area contributed by atoms with Gasteiger partial charge in [0.1, 0.15) is 5.76 Å². The van der Waals surface area contributed by atoms with Gasteiger partial charge in [0.2, 0.25) is 15.9 Å². The molecule has 28 heavy (non-hydrogen) atoms. The highest BCUT2D eigenvalue weighted by Crippen LogP contribution is 2.25. The molecule has 0 spiro atoms. The van der Waals surface area contributed by atoms with Gasteiger partial charge in [0.25, 0.3) is 5.91 Å². The number of sulfonamides is 1. The lowest BCUT2D eigenvalue weighted by Gasteiger charge is -2.14. The van der Waals surface area contributed by atoms with Crippen LogP contribution in [0.15, 0.2) is 57.8 Å². The van der Waals surface area contributed by atoms with E-state index in [1.807, 2.05) is 30.3 Å². The molecular weight excluding hydrogens is 378 g/mol. The van der Waals surface area contributed by atoms with Crippen molar-refractivity contribution in [2.75, 3.05) is 19.4 Å². The number of carbonyl (C=O) groups excluding carboxylic acids is 1. The molecule has 8 heteroatoms. The van der Waals surface area contributed by atoms with E-state index in [2.05, 4.69) is 10.3 Å². The first kappa shape index (κ1) is 19.8. The average molecular weight is 399 g/mol. The van der Waals surface area contributed by atoms with E-state index < -0.39 is 15.9 Å². The van der Waals surface area contributed by atoms with Gasteiger partial charge >= 0.3 is 0 Å². The standard InChI is InChI=1S/C20H21N3O4S/c1-13-10-11-16(28(25,26)23(3)4)12-17(13)21-19(24)18-14(2)27-20(22-18)15-8-6-5-7-9-15/h5-12H,1-4H3,(H,21,24). The first-order valence-corrected chi connectivity index (χ1v) is 10.0. The largest absolute Gasteiger partial charge is 0.441 e. The van der Waals surface area contributed by atoms with Gasteiger partial charge in [0.15, 0.2) is 5.69 Å². The molecule has 1 aromatic heterocycles. The normalized spacial score (nSPS) is 11.6. The number of nitrogens with one attached hydrogen (secondary N) is 1. The Morgan fingerprint density at radius 3 is 2.39 bits per heavy atom. The molecule has 0 aliphatic carbocycles. The van der Waals surface area contributed by atoms with Crippen LogP contribution >= 0.6 is 0 Å². The molecule has 0 radical (unpaired) electrons. The van der Waals surface area contributed by atoms with Crippen LogP contribution in [-0.2, 0) is 10.0 Å². The second kappa shape index (κ2) is 7.57. The number of anilines is 1. The molecule has 0 fully saturated rings. The van der Waals surface area contributed by atoms with E-state index in [0.717, 1.165) is 15.4 Å². The Morgan fingerprint density at radius 1 is 1.07 bits per heavy atom. The van der Waals surface area contributed by atoms with Crippen molar-refractivity contribution in [3.63, 3.8) is 0 Å². The molecule has 0 unspecified atom stereocenters. The van der Waals surface area contributed by atoms with Crippen molar-refractivity contribution in [1.82, 2.24) is 9.29 Å². The molecule has 0 bridgehead atoms. The zero-order chi connectivity index (χ0) is 20.5. The summed E-state index contributed by atoms with van der Waals surface area (Å²) in [4.78, 5) is 17.1. The number of oxazole rings is 1. The van der Waals surface area contributed by atoms with Gasteiger partial charge < -0.3 is 9.73 Å². The highest BCUT2D eigenvalue weighted by molar-refractivity contribution is 7.89. The maximum atomic E-state index is 12.7. The Labute approximate surface area is 164 Å². The summed E-state index contributed by atoms with van der Waals surface area (Å²) >= 11 is 0. The Morgan fingerprint density at radius 2 is 1.75 bits per heavy atom. The van der Waals surface area contributed by atoms with E-state index in [1.165, 1.54) is 26.2 Å². The van der Waals surface area contributed by atoms with Crippen molar-refractivity contribution >= 4 is 21.6 Å². The lowest BCUT2D eigenvalue weighted by atomic mass is 10.2. The van der Waals surface area contributed by atoms with Gasteiger partial charge in [-0.2, -0.15) is 0 Å². The van der Waals surface area contributed by atoms with Gasteiger partial charge in [-0.15, -0.1) is 0 Å². The maximum absolute atomic E-state index is 12.7. The van der Waals surface area contributed by atoms with Crippen LogP contribution in [0.5, 0.6) is 0 Å². The van der Waals surface area contributed by atoms with E-state index >= 15 is 0 Å². The second-order valence-electron chi connectivity index (χ2n) is 6.51. The molecule has 3 aromatic rings. The topological polar surface area (TPSA) is 92.5 Å². The lowest BCUT2D eigenvalue weighted by molar-refractivity contribution is 0.102. The molecule has 3 rings (SSSR count). The number of hydrogen-bond acceptors (Lipinski definition) is 5. The fourth-order valence-corrected chi connectivity index (χ4v) is 3.53. The molecule has 146 valence electrons. The third-order valence-electron chi connectivity index (χ3n) is 4.27. The lowest BCUT2D eigenvalue weighted by Crippen LogP contribution is -2.22. The van der Waals surface area contributed by atoms with Crippen molar-refractivity contribution in [2.45, 2.75) is 18.7 Å². The number of nitrogens with zero attached hydrogens (tertiary/aromatic N) is 2. The average Bonchev–Trinajstić information content (AvgIpc) is 3.06. The highest BCUT2D eigenvalue weighted by atomic mass is 32.2. The minimum atomic E-state index is -3.61. The summed E-state index contributed by atoms with van der Waals surface area (Å²) in [6.07, 6.45) is 0. The van der Waals surface area contributed by atoms with E-state index in [4.69, 9.17) is 4.42 Å². The molecular formula is C20H21N3O4S. The molecule has 0 aliphatic heterocycles. The number of aromatic nitrogens is 1. The zero-order valence-electron chi connectivity index (χ0n) is 16.1. The van der Waals surface area contributed by atoms with Gasteiger partial charge in [-0.1, -0.05) is 24.3 Å². The fourth-order valence-electron chi connectivity index (χ4n) is 2.60. The number of benzene rings is 2. The molecule has 0 aliphatic rings. The molecule has 0 saturated carbocycles. The van der Waals surface area contributed by atoms with Gasteiger partial charge in [-0.3, -0.25) is 4.79 Å². The van der Waals surface area contributed by atoms with Crippen LogP contribution in [0.2, 0.25) is 0 Å². The third kappa shape index (κ3) is 3.83. The predicted molar refractivity (Wildman–Crippen MR) is 107 cm³/mol. The van der Waals surface area contributed by atoms with Crippen molar-refractivity contribution in [3.8, 4) is 11.5 Å². The quantitative estimate of drug-likeness (QED) is 0.709. The minimum Gasteiger partial charge on any atom is -0.441 e. The maximum Gasteiger partial charge on any atom is 0.277 e. The van der Waals surface area contributed by atoms with Crippen LogP contribution in [0.3, 0.4) is 0 Å². The van der Waals surface area contributed by atoms with Crippen molar-refractivity contribution in [1.29, 1.82) is 0 Å². The number of aryl methyl sites for hydroxylation is 2. The predicted octanol–water partition coefficient (Wildman–Crippen LogP) is 3.46. The van der Waals surface area contributed by atoms with Crippen LogP contribution in [0, 0.1) is 13.8 Å². The van der Waals surface area contributed by atoms with E-state index in [0.29, 0.717) is 17.3 Å². The van der Waals surface area contributed by atoms with Crippen molar-refractivity contribution < 1.29 is 17.6 Å². The number of amides is 1. The van der Waals surface area contributed by atoms with Gasteiger partial charge in [-0.25, -0.2) is 17.7 Å². The van der Waals surface area contributed by atoms with Crippen molar-refractivity contribution in [3.05, 3.63) is 65.5 Å². The smallest absolute Gasteiger partial charge is 0.277 e. The summed E-state index contributed by atoms with van der Waals surface area (Å²) in [5.41, 5.74) is 2.05. The SMILES string of the molecule is Cc1ccc(S(=O)(=O)N(C)C)cc1NC(=O)c1nc(-c2ccccc2)oc1C. The fraction of sp³-hybridized carbons (Fsp3) is 0.200. The summed E-state index contributed by atoms with van der Waals surface area (Å²) < 4.78 is 31.4. The number of rotatable bonds is 5. The molecule has 0 atom stereocenters. The molecule has 1 amide bonds. The van der Waals surface area contributed by atoms with Crippen LogP contribution in [0.4, 0.5) is 5.69 Å². The first-order chi connectivity index (χ1) is 13.2. The summed E-state index contributed by atoms with van der Waals surface area (Å²) in [6, 6.07) is 13.9. The van der Waals surface area contributed by atoms with Gasteiger partial charge in [0, 0.05) is 25.3 Å². The van der Waals surface area contributed by atoms with Crippen LogP contribution in [-0.4, -0.2) is 37.7 Å². The van der Waals surface area contributed by atoms with Crippen LogP contribution < -0.4 is 5.32 Å². The van der Waals surface area contributed by atoms with Crippen molar-refractivity contribution in [2.24, 2.45) is 0 Å². The number of hydrogen-bond donors (Lipinski definition) is 1. The summed E-state index contributed by atoms with van der Waals surface area (Å²) in [7, 11) is -0.697. The monoisotopic (exact) mass is 399 g/mol.